The van der Waals surface area contributed by atoms with Gasteiger partial charge in [-0.05, 0) is 162 Å². The van der Waals surface area contributed by atoms with Crippen molar-refractivity contribution < 1.29 is 111 Å². The lowest BCUT2D eigenvalue weighted by atomic mass is 10.2. The van der Waals surface area contributed by atoms with Gasteiger partial charge in [-0.15, -0.1) is 5.06 Å². The molecule has 0 aromatic heterocycles. The number of alkyl halides is 1. The number of imide groups is 3. The van der Waals surface area contributed by atoms with Gasteiger partial charge in [-0.1, -0.05) is 37.2 Å². The Morgan fingerprint density at radius 3 is 1.00 bits per heavy atom. The molecule has 38 heteroatoms. The number of carboxylic acid groups (broad SMARTS) is 2. The van der Waals surface area contributed by atoms with Crippen molar-refractivity contribution in [1.82, 2.24) is 64.7 Å². The van der Waals surface area contributed by atoms with Crippen LogP contribution < -0.4 is 16.4 Å². The first-order valence-corrected chi connectivity index (χ1v) is 42.8. The molecule has 0 aromatic carbocycles. The molecule has 4 saturated heterocycles. The van der Waals surface area contributed by atoms with Crippen molar-refractivity contribution in [2.45, 2.75) is 224 Å². The Morgan fingerprint density at radius 1 is 0.377 bits per heavy atom. The Bertz CT molecular complexity index is 3190. The maximum atomic E-state index is 12.3. The van der Waals surface area contributed by atoms with Crippen LogP contribution in [0.4, 0.5) is 0 Å². The van der Waals surface area contributed by atoms with E-state index in [-0.39, 0.29) is 134 Å². The molecule has 0 bridgehead atoms. The van der Waals surface area contributed by atoms with Gasteiger partial charge in [0.2, 0.25) is 5.91 Å². The monoisotopic (exact) mass is 1800 g/mol. The normalized spacial score (nSPS) is 17.6. The number of hydrogen-bond donors (Lipinski definition) is 5. The van der Waals surface area contributed by atoms with E-state index in [0.29, 0.717) is 90.0 Å². The quantitative estimate of drug-likeness (QED) is 0.0204. The van der Waals surface area contributed by atoms with E-state index in [4.69, 9.17) is 39.6 Å². The summed E-state index contributed by atoms with van der Waals surface area (Å²) in [6, 6.07) is 0. The lowest BCUT2D eigenvalue weighted by Gasteiger charge is -2.27. The second kappa shape index (κ2) is 59.2. The van der Waals surface area contributed by atoms with Crippen LogP contribution >= 0.6 is 15.9 Å². The Labute approximate surface area is 732 Å². The smallest absolute Gasteiger partial charge is 0.335 e. The predicted octanol–water partition coefficient (Wildman–Crippen LogP) is 3.96. The van der Waals surface area contributed by atoms with Crippen LogP contribution in [0.2, 0.25) is 0 Å². The van der Waals surface area contributed by atoms with Crippen molar-refractivity contribution in [2.75, 3.05) is 202 Å². The van der Waals surface area contributed by atoms with Gasteiger partial charge >= 0.3 is 47.8 Å². The minimum atomic E-state index is -0.906. The summed E-state index contributed by atoms with van der Waals surface area (Å²) in [5.74, 6) is -6.80. The highest BCUT2D eigenvalue weighted by Crippen LogP contribution is 2.18. The van der Waals surface area contributed by atoms with Crippen molar-refractivity contribution in [2.24, 2.45) is 5.73 Å². The Morgan fingerprint density at radius 2 is 0.680 bits per heavy atom. The van der Waals surface area contributed by atoms with E-state index in [9.17, 15) is 71.9 Å². The van der Waals surface area contributed by atoms with Crippen LogP contribution in [0, 0.1) is 0 Å². The lowest BCUT2D eigenvalue weighted by molar-refractivity contribution is -0.197. The van der Waals surface area contributed by atoms with E-state index in [1.165, 1.54) is 12.2 Å². The standard InChI is InChI=1S/C22H44N4O4.C21H33N5O7.C18H35N3O4.C11H10N2O6.C10H19BrO2.2CH4/c1-21(2,3)29-19(27)17-25-13-11-24(10-8-7-9-23)12-14-26(16-15-25)18-20(28)30-22(4,5)6;27-17(5-8-26-18(28)3-4-19(26)29)22-6-1-2-7-23-9-11-24(15-20(30)31)13-14-25(12-10-23)16-21(32)33;1-17(2,3)24-15(22)13-20-9-7-19-8-10-21(12-11-20)14-16(23)25-18(4,5)6;14-7-1-2-8(15)12(7)6-5-11(18)19-13-9(16)3-4-10(13)17;1-10(2,3)13-9(12)7-5-4-6-8-11;;/h7-18,23H2,1-6H3;3-4H,1-2,5-16H2,(H,22,27)(H,30,31)(H,32,33);19H,7-14H2,1-6H3;1-2H,3-6H2;4-8H2,1-3H3;2*1H4. The summed E-state index contributed by atoms with van der Waals surface area (Å²) in [6.45, 7) is 44.8. The molecule has 0 aliphatic carbocycles. The van der Waals surface area contributed by atoms with Crippen LogP contribution in [-0.2, 0) is 100 Å². The summed E-state index contributed by atoms with van der Waals surface area (Å²) >= 11 is 3.35. The molecule has 6 aliphatic heterocycles. The molecular formula is C84H149BrN14O23. The summed E-state index contributed by atoms with van der Waals surface area (Å²) in [7, 11) is 0. The summed E-state index contributed by atoms with van der Waals surface area (Å²) in [4.78, 5) is 196. The molecule has 0 radical (unpaired) electrons. The third-order valence-electron chi connectivity index (χ3n) is 17.8. The van der Waals surface area contributed by atoms with Gasteiger partial charge in [0.05, 0.1) is 45.7 Å². The van der Waals surface area contributed by atoms with E-state index >= 15 is 0 Å². The fourth-order valence-electron chi connectivity index (χ4n) is 12.2. The number of carboxylic acids is 2. The number of hydroxylamine groups is 2. The average Bonchev–Trinajstić information content (AvgIpc) is 1.73. The number of halogens is 1. The van der Waals surface area contributed by atoms with Crippen molar-refractivity contribution in [3.63, 3.8) is 0 Å². The molecule has 0 atom stereocenters. The number of ether oxygens (including phenoxy) is 5. The number of hydrogen-bond acceptors (Lipinski definition) is 31. The first-order valence-electron chi connectivity index (χ1n) is 41.7. The number of carbonyl (C=O) groups is 15. The first kappa shape index (κ1) is 114. The zero-order valence-corrected chi connectivity index (χ0v) is 75.6. The van der Waals surface area contributed by atoms with E-state index in [0.717, 1.165) is 138 Å². The molecule has 122 heavy (non-hydrogen) atoms. The zero-order valence-electron chi connectivity index (χ0n) is 74.1. The van der Waals surface area contributed by atoms with Crippen LogP contribution in [0.3, 0.4) is 0 Å². The molecule has 6 aliphatic rings. The number of aliphatic carboxylic acids is 2. The molecule has 0 spiro atoms. The van der Waals surface area contributed by atoms with Gasteiger partial charge in [0.25, 0.3) is 35.4 Å². The second-order valence-corrected chi connectivity index (χ2v) is 35.5. The van der Waals surface area contributed by atoms with Crippen LogP contribution in [0.5, 0.6) is 0 Å². The number of nitrogens with one attached hydrogen (secondary N) is 2. The number of nitrogens with two attached hydrogens (primary N) is 1. The van der Waals surface area contributed by atoms with Gasteiger partial charge in [-0.25, -0.2) is 4.79 Å². The molecule has 0 aromatic rings. The molecule has 0 unspecified atom stereocenters. The third kappa shape index (κ3) is 56.9. The molecular weight excluding hydrogens is 1650 g/mol. The minimum Gasteiger partial charge on any atom is -0.480 e. The van der Waals surface area contributed by atoms with E-state index in [1.54, 1.807) is 0 Å². The number of esters is 5. The third-order valence-corrected chi connectivity index (χ3v) is 18.4. The van der Waals surface area contributed by atoms with E-state index < -0.39 is 75.8 Å². The number of unbranched alkanes of at least 4 members (excludes halogenated alkanes) is 4. The van der Waals surface area contributed by atoms with Crippen molar-refractivity contribution >= 4 is 105 Å². The van der Waals surface area contributed by atoms with Crippen LogP contribution in [-0.4, -0.2) is 383 Å². The Balaban J connectivity index is 0.00000154. The summed E-state index contributed by atoms with van der Waals surface area (Å²) in [6.07, 6.45) is 11.7. The second-order valence-electron chi connectivity index (χ2n) is 34.7. The number of amides is 7. The average molecular weight is 1800 g/mol. The summed E-state index contributed by atoms with van der Waals surface area (Å²) in [5, 5.41) is 25.8. The molecule has 6 heterocycles. The fourth-order valence-corrected chi connectivity index (χ4v) is 12.6. The van der Waals surface area contributed by atoms with Crippen LogP contribution in [0.15, 0.2) is 24.3 Å². The Hall–Kier alpha value is -7.79. The van der Waals surface area contributed by atoms with Gasteiger partial charge in [-0.2, -0.15) is 0 Å². The molecule has 700 valence electrons. The van der Waals surface area contributed by atoms with Crippen LogP contribution in [0.25, 0.3) is 0 Å². The van der Waals surface area contributed by atoms with Crippen molar-refractivity contribution in [3.05, 3.63) is 24.3 Å². The molecule has 4 fully saturated rings. The molecule has 6 rings (SSSR count). The zero-order chi connectivity index (χ0) is 90.4. The largest absolute Gasteiger partial charge is 0.480 e. The molecule has 37 nitrogen and oxygen atoms in total. The van der Waals surface area contributed by atoms with Crippen LogP contribution in [0.1, 0.15) is 196 Å². The highest BCUT2D eigenvalue weighted by atomic mass is 79.9. The number of rotatable bonds is 33. The van der Waals surface area contributed by atoms with E-state index in [1.807, 2.05) is 114 Å². The topological polar surface area (TPSA) is 438 Å². The van der Waals surface area contributed by atoms with Crippen molar-refractivity contribution in [1.29, 1.82) is 0 Å². The number of carbonyl (C=O) groups excluding carboxylic acids is 13. The number of nitrogens with zero attached hydrogens (tertiary/aromatic N) is 11. The maximum Gasteiger partial charge on any atom is 0.335 e. The van der Waals surface area contributed by atoms with Gasteiger partial charge < -0.3 is 64.9 Å². The van der Waals surface area contributed by atoms with Gasteiger partial charge in [0, 0.05) is 193 Å². The first-order chi connectivity index (χ1) is 56.0. The maximum absolute atomic E-state index is 12.3. The lowest BCUT2D eigenvalue weighted by Crippen LogP contribution is -2.42. The molecule has 0 saturated carbocycles. The summed E-state index contributed by atoms with van der Waals surface area (Å²) < 4.78 is 27.0. The van der Waals surface area contributed by atoms with Gasteiger partial charge in [0.1, 0.15) is 28.0 Å². The SMILES string of the molecule is C.C.CC(C)(C)OC(=O)CCCCCBr.CC(C)(C)OC(=O)CN1CCN(CCCCN)CCN(CC(=O)OC(C)(C)C)CC1.CC(C)(C)OC(=O)CN1CCNCCN(CC(=O)OC(C)(C)C)CC1.O=C(CCN1C(=O)C=CC1=O)ON1C(=O)CCC1=O.O=C(O)CN1CCN(CCCCNC(=O)CCN2C(=O)C=CC2=O)CCN(CC(=O)O)CC1. The van der Waals surface area contributed by atoms with Crippen molar-refractivity contribution in [3.8, 4) is 0 Å². The highest BCUT2D eigenvalue weighted by molar-refractivity contribution is 9.09. The van der Waals surface area contributed by atoms with Gasteiger partial charge in [0.15, 0.2) is 0 Å². The molecule has 7 amide bonds. The fraction of sp³-hybridized carbons (Fsp3) is 0.774. The highest BCUT2D eigenvalue weighted by Gasteiger charge is 2.35. The minimum absolute atomic E-state index is 0. The van der Waals surface area contributed by atoms with Gasteiger partial charge in [-0.3, -0.25) is 106 Å². The Kier molecular flexibility index (Phi) is 55.4. The summed E-state index contributed by atoms with van der Waals surface area (Å²) in [5.41, 5.74) is 3.37. The predicted molar refractivity (Wildman–Crippen MR) is 463 cm³/mol. The van der Waals surface area contributed by atoms with E-state index in [2.05, 4.69) is 60.8 Å². The molecule has 6 N–H and O–H groups in total.